The van der Waals surface area contributed by atoms with Crippen molar-refractivity contribution in [1.82, 2.24) is 0 Å². The van der Waals surface area contributed by atoms with Crippen molar-refractivity contribution in [2.75, 3.05) is 0 Å². The van der Waals surface area contributed by atoms with Gasteiger partial charge in [-0.15, -0.1) is 5.11 Å². The van der Waals surface area contributed by atoms with Crippen molar-refractivity contribution in [3.63, 3.8) is 0 Å². The van der Waals surface area contributed by atoms with Crippen LogP contribution in [0.1, 0.15) is 5.56 Å². The van der Waals surface area contributed by atoms with E-state index in [1.807, 2.05) is 25.1 Å². The SMILES string of the molecule is Cc1ccccc1N=Nc1ccc2c(S(=O)(=O)O)cccc2c1O.[Na]. The minimum atomic E-state index is -4.39. The van der Waals surface area contributed by atoms with Crippen LogP contribution in [-0.4, -0.2) is 47.6 Å². The average Bonchev–Trinajstić information content (AvgIpc) is 2.54. The molecule has 1 radical (unpaired) electrons. The Kier molecular flexibility index (Phi) is 5.97. The Morgan fingerprint density at radius 2 is 1.52 bits per heavy atom. The van der Waals surface area contributed by atoms with Crippen molar-refractivity contribution in [1.29, 1.82) is 0 Å². The van der Waals surface area contributed by atoms with Crippen LogP contribution in [0.25, 0.3) is 10.8 Å². The summed E-state index contributed by atoms with van der Waals surface area (Å²) in [5.41, 5.74) is 1.82. The van der Waals surface area contributed by atoms with Gasteiger partial charge < -0.3 is 5.11 Å². The molecule has 3 rings (SSSR count). The first-order valence-electron chi connectivity index (χ1n) is 7.07. The third kappa shape index (κ3) is 4.08. The smallest absolute Gasteiger partial charge is 0.295 e. The molecule has 0 aliphatic carbocycles. The molecule has 0 aromatic heterocycles. The van der Waals surface area contributed by atoms with Gasteiger partial charge in [0.2, 0.25) is 0 Å². The number of hydrogen-bond donors (Lipinski definition) is 2. The quantitative estimate of drug-likeness (QED) is 0.414. The van der Waals surface area contributed by atoms with Crippen LogP contribution in [0.2, 0.25) is 0 Å². The molecule has 2 N–H and O–H groups in total. The van der Waals surface area contributed by atoms with Gasteiger partial charge in [0.1, 0.15) is 10.6 Å². The molecule has 0 atom stereocenters. The molecule has 3 aromatic carbocycles. The predicted molar refractivity (Wildman–Crippen MR) is 96.5 cm³/mol. The second kappa shape index (κ2) is 7.63. The van der Waals surface area contributed by atoms with E-state index in [0.29, 0.717) is 5.69 Å². The van der Waals surface area contributed by atoms with E-state index in [9.17, 15) is 18.1 Å². The summed E-state index contributed by atoms with van der Waals surface area (Å²) in [5, 5.41) is 19.0. The molecule has 25 heavy (non-hydrogen) atoms. The van der Waals surface area contributed by atoms with Gasteiger partial charge in [-0.3, -0.25) is 4.55 Å². The van der Waals surface area contributed by atoms with Crippen molar-refractivity contribution >= 4 is 61.8 Å². The van der Waals surface area contributed by atoms with Crippen LogP contribution in [0.3, 0.4) is 0 Å². The Balaban J connectivity index is 0.00000225. The predicted octanol–water partition coefficient (Wildman–Crippen LogP) is 4.14. The summed E-state index contributed by atoms with van der Waals surface area (Å²) in [7, 11) is -4.39. The molecular formula is C17H14N2NaO4S. The number of aryl methyl sites for hydroxylation is 1. The number of rotatable bonds is 3. The Labute approximate surface area is 167 Å². The van der Waals surface area contributed by atoms with Gasteiger partial charge in [-0.1, -0.05) is 36.4 Å². The Morgan fingerprint density at radius 1 is 0.840 bits per heavy atom. The molecule has 0 saturated heterocycles. The van der Waals surface area contributed by atoms with Gasteiger partial charge in [0.25, 0.3) is 10.1 Å². The first-order chi connectivity index (χ1) is 11.4. The number of benzene rings is 3. The van der Waals surface area contributed by atoms with Gasteiger partial charge >= 0.3 is 0 Å². The van der Waals surface area contributed by atoms with Crippen molar-refractivity contribution in [3.05, 3.63) is 60.2 Å². The summed E-state index contributed by atoms with van der Waals surface area (Å²) in [4.78, 5) is -0.266. The summed E-state index contributed by atoms with van der Waals surface area (Å²) in [6.45, 7) is 1.90. The Bertz CT molecular complexity index is 1070. The zero-order chi connectivity index (χ0) is 17.3. The molecule has 0 heterocycles. The van der Waals surface area contributed by atoms with Gasteiger partial charge in [0.05, 0.1) is 5.69 Å². The van der Waals surface area contributed by atoms with Crippen molar-refractivity contribution in [2.45, 2.75) is 11.8 Å². The normalized spacial score (nSPS) is 11.6. The van der Waals surface area contributed by atoms with Crippen molar-refractivity contribution in [3.8, 4) is 5.75 Å². The second-order valence-corrected chi connectivity index (χ2v) is 6.64. The molecule has 0 bridgehead atoms. The van der Waals surface area contributed by atoms with E-state index in [1.165, 1.54) is 24.3 Å². The molecule has 123 valence electrons. The van der Waals surface area contributed by atoms with Crippen LogP contribution in [-0.2, 0) is 10.1 Å². The summed E-state index contributed by atoms with van der Waals surface area (Å²) in [6.07, 6.45) is 0. The largest absolute Gasteiger partial charge is 0.505 e. The van der Waals surface area contributed by atoms with Gasteiger partial charge in [-0.25, -0.2) is 0 Å². The zero-order valence-electron chi connectivity index (χ0n) is 13.7. The number of nitrogens with zero attached hydrogens (tertiary/aromatic N) is 2. The fourth-order valence-corrected chi connectivity index (χ4v) is 3.10. The zero-order valence-corrected chi connectivity index (χ0v) is 16.5. The molecule has 0 amide bonds. The van der Waals surface area contributed by atoms with E-state index in [1.54, 1.807) is 12.1 Å². The summed E-state index contributed by atoms with van der Waals surface area (Å²) >= 11 is 0. The molecule has 8 heteroatoms. The van der Waals surface area contributed by atoms with Crippen LogP contribution in [0.15, 0.2) is 69.7 Å². The first kappa shape index (κ1) is 19.6. The average molecular weight is 365 g/mol. The van der Waals surface area contributed by atoms with Gasteiger partial charge in [-0.2, -0.15) is 13.5 Å². The van der Waals surface area contributed by atoms with Crippen LogP contribution in [0, 0.1) is 6.92 Å². The monoisotopic (exact) mass is 365 g/mol. The minimum absolute atomic E-state index is 0. The van der Waals surface area contributed by atoms with E-state index in [-0.39, 0.29) is 56.7 Å². The topological polar surface area (TPSA) is 99.3 Å². The third-order valence-electron chi connectivity index (χ3n) is 3.63. The summed E-state index contributed by atoms with van der Waals surface area (Å²) < 4.78 is 32.1. The molecule has 0 spiro atoms. The molecule has 0 saturated carbocycles. The molecule has 0 aliphatic rings. The van der Waals surface area contributed by atoms with Crippen LogP contribution >= 0.6 is 0 Å². The molecule has 3 aromatic rings. The first-order valence-corrected chi connectivity index (χ1v) is 8.51. The Morgan fingerprint density at radius 3 is 2.20 bits per heavy atom. The summed E-state index contributed by atoms with van der Waals surface area (Å²) in [6, 6.07) is 14.6. The van der Waals surface area contributed by atoms with Crippen LogP contribution in [0.4, 0.5) is 11.4 Å². The maximum atomic E-state index is 11.4. The van der Waals surface area contributed by atoms with Gasteiger partial charge in [0, 0.05) is 40.3 Å². The van der Waals surface area contributed by atoms with Crippen LogP contribution < -0.4 is 0 Å². The number of phenolic OH excluding ortho intramolecular Hbond substituents is 1. The number of aromatic hydroxyl groups is 1. The standard InChI is InChI=1S/C17H14N2O4S.Na/c1-11-5-2-3-7-14(11)18-19-15-10-9-12-13(17(15)20)6-4-8-16(12)24(21,22)23;/h2-10,20H,1H3,(H,21,22,23);. The Hall–Kier alpha value is -1.77. The fourth-order valence-electron chi connectivity index (χ4n) is 2.39. The molecule has 6 nitrogen and oxygen atoms in total. The van der Waals surface area contributed by atoms with Gasteiger partial charge in [-0.05, 0) is 30.7 Å². The third-order valence-corrected chi connectivity index (χ3v) is 4.54. The van der Waals surface area contributed by atoms with E-state index >= 15 is 0 Å². The van der Waals surface area contributed by atoms with Crippen molar-refractivity contribution < 1.29 is 18.1 Å². The minimum Gasteiger partial charge on any atom is -0.505 e. The van der Waals surface area contributed by atoms with E-state index in [4.69, 9.17) is 0 Å². The van der Waals surface area contributed by atoms with Crippen molar-refractivity contribution in [2.24, 2.45) is 10.2 Å². The molecule has 0 unspecified atom stereocenters. The maximum Gasteiger partial charge on any atom is 0.295 e. The van der Waals surface area contributed by atoms with E-state index in [0.717, 1.165) is 5.56 Å². The molecule has 0 fully saturated rings. The summed E-state index contributed by atoms with van der Waals surface area (Å²) in [5.74, 6) is -0.199. The molecular weight excluding hydrogens is 351 g/mol. The van der Waals surface area contributed by atoms with Crippen LogP contribution in [0.5, 0.6) is 5.75 Å². The maximum absolute atomic E-state index is 11.4. The second-order valence-electron chi connectivity index (χ2n) is 5.25. The number of fused-ring (bicyclic) bond motifs is 1. The number of hydrogen-bond acceptors (Lipinski definition) is 5. The molecule has 0 aliphatic heterocycles. The van der Waals surface area contributed by atoms with E-state index in [2.05, 4.69) is 10.2 Å². The fraction of sp³-hybridized carbons (Fsp3) is 0.0588. The number of phenols is 1. The van der Waals surface area contributed by atoms with E-state index < -0.39 is 10.1 Å². The number of azo groups is 1. The van der Waals surface area contributed by atoms with Gasteiger partial charge in [0.15, 0.2) is 5.75 Å².